The van der Waals surface area contributed by atoms with Gasteiger partial charge >= 0.3 is 11.9 Å². The molecule has 0 aromatic rings. The zero-order valence-corrected chi connectivity index (χ0v) is 18.6. The van der Waals surface area contributed by atoms with Gasteiger partial charge in [-0.05, 0) is 65.9 Å². The first-order valence-electron chi connectivity index (χ1n) is 10.7. The molecule has 0 spiro atoms. The van der Waals surface area contributed by atoms with Crippen molar-refractivity contribution in [1.82, 2.24) is 0 Å². The Morgan fingerprint density at radius 2 is 1.83 bits per heavy atom. The van der Waals surface area contributed by atoms with Gasteiger partial charge in [0.2, 0.25) is 0 Å². The molecule has 0 aliphatic carbocycles. The summed E-state index contributed by atoms with van der Waals surface area (Å²) in [7, 11) is 0. The predicted octanol–water partition coefficient (Wildman–Crippen LogP) is 4.88. The smallest absolute Gasteiger partial charge is 0.334 e. The lowest BCUT2D eigenvalue weighted by Crippen LogP contribution is -2.10. The number of esters is 2. The van der Waals surface area contributed by atoms with Crippen LogP contribution in [0.15, 0.2) is 58.2 Å². The third-order valence-electron chi connectivity index (χ3n) is 5.22. The van der Waals surface area contributed by atoms with E-state index in [4.69, 9.17) is 9.47 Å². The highest BCUT2D eigenvalue weighted by molar-refractivity contribution is 5.90. The molecule has 0 aromatic heterocycles. The number of rotatable bonds is 10. The Balaban J connectivity index is 1.70. The summed E-state index contributed by atoms with van der Waals surface area (Å²) in [6, 6.07) is 0. The summed E-state index contributed by atoms with van der Waals surface area (Å²) in [5, 5.41) is 10.1. The summed E-state index contributed by atoms with van der Waals surface area (Å²) in [6.07, 6.45) is 13.7. The first kappa shape index (κ1) is 23.9. The van der Waals surface area contributed by atoms with Gasteiger partial charge in [-0.25, -0.2) is 9.59 Å². The standard InChI is InChI=1S/C25H34O5/c1-17(2)13-22-14-20(25(28)30-22)10-6-9-18(3)7-5-8-19(4)11-12-23(26)21-15-24(27)29-16-21/h7,10-11,13,15,22-23,26H,5-6,8-9,12,14,16H2,1-4H3/b18-7+,19-11+,20-10-/t22-,23-/m1/s1. The lowest BCUT2D eigenvalue weighted by atomic mass is 10.0. The fraction of sp³-hybridized carbons (Fsp3) is 0.520. The molecule has 0 bridgehead atoms. The lowest BCUT2D eigenvalue weighted by molar-refractivity contribution is -0.137. The number of carbonyl (C=O) groups is 2. The van der Waals surface area contributed by atoms with Crippen molar-refractivity contribution in [3.05, 3.63) is 58.2 Å². The van der Waals surface area contributed by atoms with Crippen molar-refractivity contribution in [2.75, 3.05) is 6.61 Å². The van der Waals surface area contributed by atoms with Crippen LogP contribution in [0.5, 0.6) is 0 Å². The molecular weight excluding hydrogens is 380 g/mol. The maximum Gasteiger partial charge on any atom is 0.334 e. The second kappa shape index (κ2) is 11.7. The van der Waals surface area contributed by atoms with Crippen molar-refractivity contribution in [2.24, 2.45) is 0 Å². The van der Waals surface area contributed by atoms with Gasteiger partial charge in [0.05, 0.1) is 6.10 Å². The summed E-state index contributed by atoms with van der Waals surface area (Å²) in [4.78, 5) is 23.0. The van der Waals surface area contributed by atoms with Crippen LogP contribution in [0.4, 0.5) is 0 Å². The van der Waals surface area contributed by atoms with E-state index in [2.05, 4.69) is 19.9 Å². The van der Waals surface area contributed by atoms with Crippen LogP contribution in [0.1, 0.15) is 66.2 Å². The number of cyclic esters (lactones) is 2. The number of hydrogen-bond donors (Lipinski definition) is 1. The van der Waals surface area contributed by atoms with E-state index >= 15 is 0 Å². The monoisotopic (exact) mass is 414 g/mol. The van der Waals surface area contributed by atoms with E-state index in [0.717, 1.165) is 36.8 Å². The highest BCUT2D eigenvalue weighted by Crippen LogP contribution is 2.23. The Bertz CT molecular complexity index is 790. The summed E-state index contributed by atoms with van der Waals surface area (Å²) >= 11 is 0. The molecule has 0 aromatic carbocycles. The van der Waals surface area contributed by atoms with Crippen LogP contribution in [0, 0.1) is 0 Å². The van der Waals surface area contributed by atoms with E-state index in [0.29, 0.717) is 18.4 Å². The van der Waals surface area contributed by atoms with Crippen LogP contribution >= 0.6 is 0 Å². The Hall–Kier alpha value is -2.40. The molecule has 0 radical (unpaired) electrons. The minimum atomic E-state index is -0.657. The average Bonchev–Trinajstić information content (AvgIpc) is 3.25. The van der Waals surface area contributed by atoms with Gasteiger partial charge in [-0.2, -0.15) is 0 Å². The van der Waals surface area contributed by atoms with Crippen LogP contribution in [0.3, 0.4) is 0 Å². The van der Waals surface area contributed by atoms with E-state index in [1.807, 2.05) is 32.1 Å². The van der Waals surface area contributed by atoms with E-state index < -0.39 is 6.10 Å². The van der Waals surface area contributed by atoms with Crippen molar-refractivity contribution >= 4 is 11.9 Å². The molecule has 1 fully saturated rings. The van der Waals surface area contributed by atoms with Crippen molar-refractivity contribution in [3.63, 3.8) is 0 Å². The molecule has 0 amide bonds. The van der Waals surface area contributed by atoms with E-state index in [1.54, 1.807) is 0 Å². The number of allylic oxidation sites excluding steroid dienone is 5. The van der Waals surface area contributed by atoms with Crippen molar-refractivity contribution in [1.29, 1.82) is 0 Å². The molecule has 164 valence electrons. The minimum Gasteiger partial charge on any atom is -0.458 e. The van der Waals surface area contributed by atoms with E-state index in [1.165, 1.54) is 17.2 Å². The van der Waals surface area contributed by atoms with Gasteiger partial charge < -0.3 is 14.6 Å². The van der Waals surface area contributed by atoms with Gasteiger partial charge in [0, 0.05) is 23.6 Å². The quantitative estimate of drug-likeness (QED) is 0.313. The fourth-order valence-corrected chi connectivity index (χ4v) is 3.46. The second-order valence-corrected chi connectivity index (χ2v) is 8.38. The maximum absolute atomic E-state index is 11.9. The molecule has 0 saturated carbocycles. The third kappa shape index (κ3) is 8.15. The molecule has 5 heteroatoms. The SMILES string of the molecule is CC(C)=C[C@@H]1C/C(=C/CC/C(C)=C/CC/C(C)=C/C[C@@H](O)C2=CC(=O)OC2)C(=O)O1. The van der Waals surface area contributed by atoms with Gasteiger partial charge in [0.1, 0.15) is 12.7 Å². The number of aliphatic hydroxyl groups is 1. The Labute approximate surface area is 179 Å². The fourth-order valence-electron chi connectivity index (χ4n) is 3.46. The number of ether oxygens (including phenoxy) is 2. The molecule has 30 heavy (non-hydrogen) atoms. The Morgan fingerprint density at radius 3 is 2.50 bits per heavy atom. The lowest BCUT2D eigenvalue weighted by Gasteiger charge is -2.08. The van der Waals surface area contributed by atoms with Crippen molar-refractivity contribution in [3.8, 4) is 0 Å². The summed E-state index contributed by atoms with van der Waals surface area (Å²) in [6.45, 7) is 8.38. The largest absolute Gasteiger partial charge is 0.458 e. The van der Waals surface area contributed by atoms with Crippen LogP contribution < -0.4 is 0 Å². The number of hydrogen-bond acceptors (Lipinski definition) is 5. The number of aliphatic hydroxyl groups excluding tert-OH is 1. The zero-order chi connectivity index (χ0) is 22.1. The third-order valence-corrected chi connectivity index (χ3v) is 5.22. The summed E-state index contributed by atoms with van der Waals surface area (Å²) in [5.74, 6) is -0.565. The molecule has 2 atom stereocenters. The molecule has 2 aliphatic heterocycles. The molecule has 2 rings (SSSR count). The van der Waals surface area contributed by atoms with Crippen molar-refractivity contribution < 1.29 is 24.2 Å². The van der Waals surface area contributed by atoms with Crippen molar-refractivity contribution in [2.45, 2.75) is 78.4 Å². The highest BCUT2D eigenvalue weighted by Gasteiger charge is 2.26. The summed E-state index contributed by atoms with van der Waals surface area (Å²) in [5.41, 5.74) is 5.11. The first-order valence-corrected chi connectivity index (χ1v) is 10.7. The van der Waals surface area contributed by atoms with Gasteiger partial charge in [0.15, 0.2) is 0 Å². The van der Waals surface area contributed by atoms with Gasteiger partial charge in [-0.3, -0.25) is 0 Å². The van der Waals surface area contributed by atoms with Crippen LogP contribution in [0.25, 0.3) is 0 Å². The average molecular weight is 415 g/mol. The molecule has 1 N–H and O–H groups in total. The zero-order valence-electron chi connectivity index (χ0n) is 18.6. The molecule has 1 saturated heterocycles. The molecule has 2 heterocycles. The predicted molar refractivity (Wildman–Crippen MR) is 118 cm³/mol. The normalized spacial score (nSPS) is 22.1. The molecule has 5 nitrogen and oxygen atoms in total. The molecule has 2 aliphatic rings. The minimum absolute atomic E-state index is 0.114. The Morgan fingerprint density at radius 1 is 1.13 bits per heavy atom. The maximum atomic E-state index is 11.9. The van der Waals surface area contributed by atoms with E-state index in [9.17, 15) is 14.7 Å². The van der Waals surface area contributed by atoms with E-state index in [-0.39, 0.29) is 24.6 Å². The van der Waals surface area contributed by atoms with Crippen LogP contribution in [0.2, 0.25) is 0 Å². The van der Waals surface area contributed by atoms with Gasteiger partial charge in [-0.1, -0.05) is 34.9 Å². The Kier molecular flexibility index (Phi) is 9.31. The molecule has 0 unspecified atom stereocenters. The molecular formula is C25H34O5. The first-order chi connectivity index (χ1) is 14.2. The van der Waals surface area contributed by atoms with Gasteiger partial charge in [0.25, 0.3) is 0 Å². The topological polar surface area (TPSA) is 72.8 Å². The van der Waals surface area contributed by atoms with Gasteiger partial charge in [-0.15, -0.1) is 0 Å². The van der Waals surface area contributed by atoms with Crippen LogP contribution in [-0.2, 0) is 19.1 Å². The second-order valence-electron chi connectivity index (χ2n) is 8.38. The summed E-state index contributed by atoms with van der Waals surface area (Å²) < 4.78 is 10.2. The highest BCUT2D eigenvalue weighted by atomic mass is 16.5. The van der Waals surface area contributed by atoms with Crippen LogP contribution in [-0.4, -0.2) is 35.9 Å². The number of carbonyl (C=O) groups excluding carboxylic acids is 2.